The maximum absolute atomic E-state index is 5.26. The molecule has 0 aromatic heterocycles. The van der Waals surface area contributed by atoms with Gasteiger partial charge in [-0.2, -0.15) is 0 Å². The first-order valence-electron chi connectivity index (χ1n) is 7.54. The highest BCUT2D eigenvalue weighted by atomic mass is 16.5. The van der Waals surface area contributed by atoms with E-state index in [1.54, 1.807) is 7.11 Å². The molecule has 0 aliphatic heterocycles. The minimum atomic E-state index is 0.446. The van der Waals surface area contributed by atoms with Crippen LogP contribution in [0, 0.1) is 6.92 Å². The number of hydrogen-bond donors (Lipinski definition) is 1. The molecule has 1 atom stereocenters. The molecule has 0 aliphatic rings. The van der Waals surface area contributed by atoms with Crippen LogP contribution in [0.3, 0.4) is 0 Å². The summed E-state index contributed by atoms with van der Waals surface area (Å²) in [6.45, 7) is 5.97. The summed E-state index contributed by atoms with van der Waals surface area (Å²) >= 11 is 0. The van der Waals surface area contributed by atoms with Crippen LogP contribution >= 0.6 is 0 Å². The Hall–Kier alpha value is -1.64. The topological polar surface area (TPSA) is 21.3 Å². The first kappa shape index (κ1) is 15.7. The van der Waals surface area contributed by atoms with E-state index in [0.29, 0.717) is 12.6 Å². The van der Waals surface area contributed by atoms with Crippen molar-refractivity contribution in [3.05, 3.63) is 70.8 Å². The van der Waals surface area contributed by atoms with E-state index in [-0.39, 0.29) is 0 Å². The predicted octanol–water partition coefficient (Wildman–Crippen LogP) is 3.86. The van der Waals surface area contributed by atoms with Gasteiger partial charge in [-0.1, -0.05) is 48.5 Å². The average Bonchev–Trinajstić information content (AvgIpc) is 2.49. The Morgan fingerprint density at radius 3 is 2.24 bits per heavy atom. The zero-order valence-corrected chi connectivity index (χ0v) is 13.2. The maximum Gasteiger partial charge on any atom is 0.0716 e. The van der Waals surface area contributed by atoms with Crippen molar-refractivity contribution in [3.63, 3.8) is 0 Å². The van der Waals surface area contributed by atoms with Crippen molar-refractivity contribution in [2.45, 2.75) is 39.5 Å². The van der Waals surface area contributed by atoms with Crippen molar-refractivity contribution in [1.82, 2.24) is 5.32 Å². The molecule has 0 heterocycles. The van der Waals surface area contributed by atoms with Crippen molar-refractivity contribution in [2.75, 3.05) is 7.11 Å². The van der Waals surface area contributed by atoms with Gasteiger partial charge >= 0.3 is 0 Å². The Labute approximate surface area is 128 Å². The highest BCUT2D eigenvalue weighted by Gasteiger charge is 2.07. The number of benzene rings is 2. The Kier molecular flexibility index (Phi) is 5.97. The summed E-state index contributed by atoms with van der Waals surface area (Å²) in [6.07, 6.45) is 1.05. The third-order valence-corrected chi connectivity index (χ3v) is 3.85. The van der Waals surface area contributed by atoms with Crippen molar-refractivity contribution in [1.29, 1.82) is 0 Å². The predicted molar refractivity (Wildman–Crippen MR) is 88.3 cm³/mol. The minimum Gasteiger partial charge on any atom is -0.380 e. The van der Waals surface area contributed by atoms with Gasteiger partial charge in [0.1, 0.15) is 0 Å². The Morgan fingerprint density at radius 1 is 0.952 bits per heavy atom. The second-order valence-corrected chi connectivity index (χ2v) is 5.61. The fourth-order valence-electron chi connectivity index (χ4n) is 2.55. The lowest BCUT2D eigenvalue weighted by atomic mass is 10.0. The quantitative estimate of drug-likeness (QED) is 0.833. The summed E-state index contributed by atoms with van der Waals surface area (Å²) in [5.41, 5.74) is 5.36. The largest absolute Gasteiger partial charge is 0.380 e. The van der Waals surface area contributed by atoms with Crippen LogP contribution in [0.15, 0.2) is 48.5 Å². The van der Waals surface area contributed by atoms with Crippen LogP contribution in [0.25, 0.3) is 0 Å². The lowest BCUT2D eigenvalue weighted by Crippen LogP contribution is -2.28. The normalized spacial score (nSPS) is 12.3. The van der Waals surface area contributed by atoms with Gasteiger partial charge in [-0.15, -0.1) is 0 Å². The van der Waals surface area contributed by atoms with Crippen molar-refractivity contribution in [2.24, 2.45) is 0 Å². The van der Waals surface area contributed by atoms with Gasteiger partial charge in [-0.25, -0.2) is 0 Å². The second-order valence-electron chi connectivity index (χ2n) is 5.61. The molecule has 2 rings (SSSR count). The third kappa shape index (κ3) is 4.69. The summed E-state index contributed by atoms with van der Waals surface area (Å²) in [6, 6.07) is 17.5. The molecule has 1 unspecified atom stereocenters. The van der Waals surface area contributed by atoms with Crippen molar-refractivity contribution >= 4 is 0 Å². The summed E-state index contributed by atoms with van der Waals surface area (Å²) in [5.74, 6) is 0. The van der Waals surface area contributed by atoms with E-state index in [9.17, 15) is 0 Å². The first-order valence-corrected chi connectivity index (χ1v) is 7.54. The van der Waals surface area contributed by atoms with Crippen molar-refractivity contribution < 1.29 is 4.74 Å². The van der Waals surface area contributed by atoms with Gasteiger partial charge in [0.2, 0.25) is 0 Å². The Balaban J connectivity index is 1.92. The third-order valence-electron chi connectivity index (χ3n) is 3.85. The Morgan fingerprint density at radius 2 is 1.57 bits per heavy atom. The fraction of sp³-hybridized carbons (Fsp3) is 0.368. The van der Waals surface area contributed by atoms with E-state index in [1.807, 2.05) is 0 Å². The smallest absolute Gasteiger partial charge is 0.0716 e. The molecule has 0 spiro atoms. The van der Waals surface area contributed by atoms with Gasteiger partial charge < -0.3 is 10.1 Å². The molecule has 2 aromatic rings. The molecule has 0 aliphatic carbocycles. The monoisotopic (exact) mass is 283 g/mol. The van der Waals surface area contributed by atoms with E-state index in [2.05, 4.69) is 67.7 Å². The van der Waals surface area contributed by atoms with E-state index in [0.717, 1.165) is 13.0 Å². The van der Waals surface area contributed by atoms with Gasteiger partial charge in [-0.05, 0) is 42.5 Å². The summed E-state index contributed by atoms with van der Waals surface area (Å²) < 4.78 is 5.26. The molecular formula is C19H25NO. The second kappa shape index (κ2) is 7.96. The lowest BCUT2D eigenvalue weighted by Gasteiger charge is -2.17. The molecule has 0 bridgehead atoms. The minimum absolute atomic E-state index is 0.446. The first-order chi connectivity index (χ1) is 10.2. The number of ether oxygens (including phenoxy) is 1. The Bertz CT molecular complexity index is 565. The van der Waals surface area contributed by atoms with Crippen LogP contribution in [0.2, 0.25) is 0 Å². The molecule has 2 nitrogen and oxygen atoms in total. The van der Waals surface area contributed by atoms with E-state index in [4.69, 9.17) is 4.74 Å². The molecule has 0 amide bonds. The van der Waals surface area contributed by atoms with E-state index >= 15 is 0 Å². The average molecular weight is 283 g/mol. The van der Waals surface area contributed by atoms with Crippen LogP contribution < -0.4 is 5.32 Å². The van der Waals surface area contributed by atoms with Crippen molar-refractivity contribution in [3.8, 4) is 0 Å². The molecule has 112 valence electrons. The summed E-state index contributed by atoms with van der Waals surface area (Å²) in [7, 11) is 1.74. The van der Waals surface area contributed by atoms with E-state index in [1.165, 1.54) is 22.3 Å². The van der Waals surface area contributed by atoms with Gasteiger partial charge in [0.25, 0.3) is 0 Å². The molecule has 0 saturated carbocycles. The SMILES string of the molecule is COCc1ccccc1CNC(C)Cc1ccccc1C. The molecule has 0 fully saturated rings. The van der Waals surface area contributed by atoms with Crippen LogP contribution in [0.1, 0.15) is 29.2 Å². The van der Waals surface area contributed by atoms with Gasteiger partial charge in [0.15, 0.2) is 0 Å². The highest BCUT2D eigenvalue weighted by Crippen LogP contribution is 2.12. The zero-order valence-electron chi connectivity index (χ0n) is 13.2. The van der Waals surface area contributed by atoms with Crippen LogP contribution in [0.4, 0.5) is 0 Å². The molecule has 0 radical (unpaired) electrons. The molecule has 21 heavy (non-hydrogen) atoms. The fourth-order valence-corrected chi connectivity index (χ4v) is 2.55. The van der Waals surface area contributed by atoms with Crippen LogP contribution in [0.5, 0.6) is 0 Å². The van der Waals surface area contributed by atoms with Gasteiger partial charge in [-0.3, -0.25) is 0 Å². The highest BCUT2D eigenvalue weighted by molar-refractivity contribution is 5.27. The van der Waals surface area contributed by atoms with Crippen LogP contribution in [-0.4, -0.2) is 13.2 Å². The lowest BCUT2D eigenvalue weighted by molar-refractivity contribution is 0.184. The molecule has 2 heteroatoms. The molecular weight excluding hydrogens is 258 g/mol. The standard InChI is InChI=1S/C19H25NO/c1-15-8-4-5-9-17(15)12-16(2)20-13-18-10-6-7-11-19(18)14-21-3/h4-11,16,20H,12-14H2,1-3H3. The number of hydrogen-bond acceptors (Lipinski definition) is 2. The van der Waals surface area contributed by atoms with Crippen LogP contribution in [-0.2, 0) is 24.3 Å². The van der Waals surface area contributed by atoms with Gasteiger partial charge in [0.05, 0.1) is 6.61 Å². The number of methoxy groups -OCH3 is 1. The van der Waals surface area contributed by atoms with Gasteiger partial charge in [0, 0.05) is 19.7 Å². The zero-order chi connectivity index (χ0) is 15.1. The van der Waals surface area contributed by atoms with E-state index < -0.39 is 0 Å². The summed E-state index contributed by atoms with van der Waals surface area (Å²) in [5, 5.41) is 3.62. The maximum atomic E-state index is 5.26. The molecule has 2 aromatic carbocycles. The molecule has 0 saturated heterocycles. The number of nitrogens with one attached hydrogen (secondary N) is 1. The number of rotatable bonds is 7. The summed E-state index contributed by atoms with van der Waals surface area (Å²) in [4.78, 5) is 0. The molecule has 1 N–H and O–H groups in total. The number of aryl methyl sites for hydroxylation is 1.